The molecule has 0 spiro atoms. The van der Waals surface area contributed by atoms with Crippen molar-refractivity contribution in [2.75, 3.05) is 12.8 Å². The van der Waals surface area contributed by atoms with Gasteiger partial charge in [-0.2, -0.15) is 0 Å². The number of nitrogens with zero attached hydrogens (tertiary/aromatic N) is 2. The van der Waals surface area contributed by atoms with Crippen LogP contribution in [0, 0.1) is 13.8 Å². The number of hydrogen-bond donors (Lipinski definition) is 2. The second kappa shape index (κ2) is 5.61. The average molecular weight is 336 g/mol. The van der Waals surface area contributed by atoms with Gasteiger partial charge < -0.3 is 4.98 Å². The summed E-state index contributed by atoms with van der Waals surface area (Å²) >= 11 is 0. The van der Waals surface area contributed by atoms with Crippen molar-refractivity contribution in [3.63, 3.8) is 0 Å². The Morgan fingerprint density at radius 2 is 2.04 bits per heavy atom. The summed E-state index contributed by atoms with van der Waals surface area (Å²) in [7, 11) is -3.51. The van der Waals surface area contributed by atoms with Crippen LogP contribution < -0.4 is 5.56 Å². The third-order valence-corrected chi connectivity index (χ3v) is 5.01. The first-order valence-electron chi connectivity index (χ1n) is 7.43. The summed E-state index contributed by atoms with van der Waals surface area (Å²) < 4.78 is 23.1. The second-order valence-electron chi connectivity index (χ2n) is 6.14. The van der Waals surface area contributed by atoms with Crippen LogP contribution in [0.15, 0.2) is 16.0 Å². The monoisotopic (exact) mass is 336 g/mol. The number of fused-ring (bicyclic) bond motifs is 1. The number of sulfone groups is 1. The molecular weight excluding hydrogens is 316 g/mol. The molecule has 2 aromatic heterocycles. The number of H-pyrrole nitrogens is 2. The molecule has 3 heterocycles. The predicted molar refractivity (Wildman–Crippen MR) is 86.1 cm³/mol. The minimum Gasteiger partial charge on any atom is -0.361 e. The molecule has 0 atom stereocenters. The van der Waals surface area contributed by atoms with E-state index in [-0.39, 0.29) is 10.7 Å². The number of aromatic amines is 2. The van der Waals surface area contributed by atoms with E-state index in [0.29, 0.717) is 24.2 Å². The summed E-state index contributed by atoms with van der Waals surface area (Å²) in [5.41, 5.74) is 4.25. The first kappa shape index (κ1) is 15.9. The van der Waals surface area contributed by atoms with Crippen LogP contribution in [0.4, 0.5) is 0 Å². The maximum atomic E-state index is 12.2. The number of hydrogen-bond acceptors (Lipinski definition) is 5. The summed E-state index contributed by atoms with van der Waals surface area (Å²) in [6, 6.07) is 2.10. The fraction of sp³-hybridized carbons (Fsp3) is 0.467. The van der Waals surface area contributed by atoms with Crippen molar-refractivity contribution in [1.29, 1.82) is 0 Å². The lowest BCUT2D eigenvalue weighted by Gasteiger charge is -2.27. The Morgan fingerprint density at radius 1 is 1.30 bits per heavy atom. The molecule has 3 rings (SSSR count). The smallest absolute Gasteiger partial charge is 0.256 e. The second-order valence-corrected chi connectivity index (χ2v) is 8.07. The Labute approximate surface area is 134 Å². The van der Waals surface area contributed by atoms with Crippen molar-refractivity contribution in [2.45, 2.75) is 38.5 Å². The molecule has 0 unspecified atom stereocenters. The fourth-order valence-electron chi connectivity index (χ4n) is 2.94. The molecule has 0 bridgehead atoms. The summed E-state index contributed by atoms with van der Waals surface area (Å²) in [4.78, 5) is 24.2. The van der Waals surface area contributed by atoms with Crippen LogP contribution >= 0.6 is 0 Å². The van der Waals surface area contributed by atoms with E-state index in [1.54, 1.807) is 0 Å². The highest BCUT2D eigenvalue weighted by Crippen LogP contribution is 2.18. The zero-order valence-corrected chi connectivity index (χ0v) is 14.2. The normalized spacial score (nSPS) is 15.6. The standard InChI is InChI=1S/C15H20N4O3S/c1-9-6-10(2)16-13(9)8-19-5-4-12-11(7-19)14(20)18-15(17-12)23(3,21)22/h6,16H,4-5,7-8H2,1-3H3,(H,17,18,20). The van der Waals surface area contributed by atoms with E-state index in [4.69, 9.17) is 0 Å². The van der Waals surface area contributed by atoms with E-state index in [2.05, 4.69) is 32.8 Å². The van der Waals surface area contributed by atoms with Gasteiger partial charge in [0, 0.05) is 43.7 Å². The lowest BCUT2D eigenvalue weighted by molar-refractivity contribution is 0.238. The number of aryl methyl sites for hydroxylation is 2. The molecule has 7 nitrogen and oxygen atoms in total. The maximum Gasteiger partial charge on any atom is 0.256 e. The van der Waals surface area contributed by atoms with Crippen molar-refractivity contribution in [3.8, 4) is 0 Å². The largest absolute Gasteiger partial charge is 0.361 e. The van der Waals surface area contributed by atoms with Crippen LogP contribution in [0.5, 0.6) is 0 Å². The van der Waals surface area contributed by atoms with Gasteiger partial charge >= 0.3 is 0 Å². The van der Waals surface area contributed by atoms with Crippen molar-refractivity contribution in [1.82, 2.24) is 19.9 Å². The molecule has 1 aliphatic heterocycles. The molecule has 2 aromatic rings. The van der Waals surface area contributed by atoms with Crippen LogP contribution in [0.2, 0.25) is 0 Å². The molecule has 0 fully saturated rings. The molecule has 2 N–H and O–H groups in total. The maximum absolute atomic E-state index is 12.2. The highest BCUT2D eigenvalue weighted by atomic mass is 32.2. The molecule has 0 radical (unpaired) electrons. The van der Waals surface area contributed by atoms with E-state index >= 15 is 0 Å². The molecule has 124 valence electrons. The first-order chi connectivity index (χ1) is 10.7. The molecule has 0 saturated heterocycles. The fourth-order valence-corrected chi connectivity index (χ4v) is 3.50. The van der Waals surface area contributed by atoms with Gasteiger partial charge in [0.2, 0.25) is 15.0 Å². The van der Waals surface area contributed by atoms with Gasteiger partial charge in [0.25, 0.3) is 5.56 Å². The third-order valence-electron chi connectivity index (χ3n) is 4.12. The van der Waals surface area contributed by atoms with Crippen LogP contribution in [-0.4, -0.2) is 41.1 Å². The van der Waals surface area contributed by atoms with E-state index in [1.807, 2.05) is 6.92 Å². The molecule has 23 heavy (non-hydrogen) atoms. The van der Waals surface area contributed by atoms with Crippen LogP contribution in [0.3, 0.4) is 0 Å². The minimum atomic E-state index is -3.51. The number of aromatic nitrogens is 3. The first-order valence-corrected chi connectivity index (χ1v) is 9.33. The SMILES string of the molecule is Cc1cc(C)c(CN2CCc3nc(S(C)(=O)=O)[nH]c(=O)c3C2)[nH]1. The molecule has 0 saturated carbocycles. The van der Waals surface area contributed by atoms with Gasteiger partial charge in [-0.15, -0.1) is 0 Å². The minimum absolute atomic E-state index is 0.245. The lowest BCUT2D eigenvalue weighted by Crippen LogP contribution is -2.36. The Balaban J connectivity index is 1.87. The molecule has 0 aliphatic carbocycles. The Bertz CT molecular complexity index is 911. The molecule has 0 aromatic carbocycles. The quantitative estimate of drug-likeness (QED) is 0.803. The molecule has 0 amide bonds. The zero-order valence-electron chi connectivity index (χ0n) is 13.4. The Kier molecular flexibility index (Phi) is 3.89. The van der Waals surface area contributed by atoms with Crippen molar-refractivity contribution >= 4 is 9.84 Å². The van der Waals surface area contributed by atoms with Gasteiger partial charge in [-0.05, 0) is 25.5 Å². The van der Waals surface area contributed by atoms with Crippen molar-refractivity contribution < 1.29 is 8.42 Å². The van der Waals surface area contributed by atoms with Gasteiger partial charge in [-0.1, -0.05) is 0 Å². The molecule has 8 heteroatoms. The zero-order chi connectivity index (χ0) is 16.8. The van der Waals surface area contributed by atoms with Crippen LogP contribution in [0.1, 0.15) is 28.2 Å². The predicted octanol–water partition coefficient (Wildman–Crippen LogP) is 0.677. The van der Waals surface area contributed by atoms with Gasteiger partial charge in [0.1, 0.15) is 0 Å². The number of rotatable bonds is 3. The van der Waals surface area contributed by atoms with Gasteiger partial charge in [-0.25, -0.2) is 13.4 Å². The molecular formula is C15H20N4O3S. The van der Waals surface area contributed by atoms with E-state index in [9.17, 15) is 13.2 Å². The van der Waals surface area contributed by atoms with Crippen molar-refractivity contribution in [3.05, 3.63) is 44.6 Å². The third kappa shape index (κ3) is 3.23. The highest BCUT2D eigenvalue weighted by Gasteiger charge is 2.24. The van der Waals surface area contributed by atoms with Crippen LogP contribution in [0.25, 0.3) is 0 Å². The summed E-state index contributed by atoms with van der Waals surface area (Å²) in [6.45, 7) is 6.02. The Morgan fingerprint density at radius 3 is 2.65 bits per heavy atom. The summed E-state index contributed by atoms with van der Waals surface area (Å²) in [5.74, 6) is 0. The van der Waals surface area contributed by atoms with Crippen molar-refractivity contribution in [2.24, 2.45) is 0 Å². The summed E-state index contributed by atoms with van der Waals surface area (Å²) in [5, 5.41) is -0.245. The van der Waals surface area contributed by atoms with E-state index < -0.39 is 9.84 Å². The Hall–Kier alpha value is -1.93. The topological polar surface area (TPSA) is 98.9 Å². The van der Waals surface area contributed by atoms with Gasteiger partial charge in [0.05, 0.1) is 11.3 Å². The highest BCUT2D eigenvalue weighted by molar-refractivity contribution is 7.90. The van der Waals surface area contributed by atoms with E-state index in [0.717, 1.165) is 30.7 Å². The van der Waals surface area contributed by atoms with Crippen LogP contribution in [-0.2, 0) is 29.3 Å². The van der Waals surface area contributed by atoms with Gasteiger partial charge in [-0.3, -0.25) is 14.7 Å². The van der Waals surface area contributed by atoms with E-state index in [1.165, 1.54) is 5.56 Å². The lowest BCUT2D eigenvalue weighted by atomic mass is 10.1. The summed E-state index contributed by atoms with van der Waals surface area (Å²) in [6.07, 6.45) is 1.61. The number of nitrogens with one attached hydrogen (secondary N) is 2. The van der Waals surface area contributed by atoms with Gasteiger partial charge in [0.15, 0.2) is 0 Å². The average Bonchev–Trinajstić information content (AvgIpc) is 2.76. The molecule has 1 aliphatic rings.